The topological polar surface area (TPSA) is 15.5 Å². The zero-order chi connectivity index (χ0) is 16.3. The van der Waals surface area contributed by atoms with Crippen molar-refractivity contribution in [2.45, 2.75) is 51.8 Å². The number of hydroxylamine groups is 2. The molecular weight excluding hydrogens is 282 g/mol. The van der Waals surface area contributed by atoms with Gasteiger partial charge in [-0.1, -0.05) is 94.3 Å². The lowest BCUT2D eigenvalue weighted by molar-refractivity contribution is 0.0794. The van der Waals surface area contributed by atoms with Gasteiger partial charge in [-0.25, -0.2) is 0 Å². The van der Waals surface area contributed by atoms with E-state index in [1.165, 1.54) is 24.0 Å². The Balaban J connectivity index is 2.10. The maximum absolute atomic E-state index is 6.08. The fraction of sp³-hybridized carbons (Fsp3) is 0.429. The molecule has 3 rings (SSSR count). The minimum Gasteiger partial charge on any atom is -0.274 e. The molecule has 2 aromatic rings. The van der Waals surface area contributed by atoms with Crippen molar-refractivity contribution >= 4 is 0 Å². The lowest BCUT2D eigenvalue weighted by Crippen LogP contribution is -2.38. The van der Waals surface area contributed by atoms with Crippen LogP contribution in [0, 0.1) is 5.92 Å². The molecule has 122 valence electrons. The molecule has 1 aliphatic heterocycles. The number of nitrogens with zero attached hydrogens (tertiary/aromatic N) is 1. The van der Waals surface area contributed by atoms with Crippen LogP contribution in [0.2, 0.25) is 0 Å². The van der Waals surface area contributed by atoms with E-state index in [2.05, 4.69) is 86.5 Å². The predicted octanol–water partition coefficient (Wildman–Crippen LogP) is 5.35. The first-order valence-electron chi connectivity index (χ1n) is 8.77. The van der Waals surface area contributed by atoms with Gasteiger partial charge in [0.2, 0.25) is 0 Å². The quantitative estimate of drug-likeness (QED) is 0.641. The van der Waals surface area contributed by atoms with Gasteiger partial charge in [-0.05, 0) is 23.5 Å². The Hall–Kier alpha value is -1.64. The van der Waals surface area contributed by atoms with Gasteiger partial charge < -0.3 is 0 Å². The van der Waals surface area contributed by atoms with Gasteiger partial charge in [-0.2, -0.15) is 0 Å². The van der Waals surface area contributed by atoms with E-state index < -0.39 is 0 Å². The summed E-state index contributed by atoms with van der Waals surface area (Å²) < 4.78 is 0. The van der Waals surface area contributed by atoms with Crippen LogP contribution in [0.4, 0.5) is 0 Å². The second-order valence-electron chi connectivity index (χ2n) is 6.76. The number of benzene rings is 2. The number of unbranched alkanes of at least 4 members (excludes halogenated alkanes) is 1. The fourth-order valence-corrected chi connectivity index (χ4v) is 3.47. The van der Waals surface area contributed by atoms with E-state index in [0.717, 1.165) is 6.42 Å². The minimum atomic E-state index is -0.187. The van der Waals surface area contributed by atoms with Gasteiger partial charge in [0.25, 0.3) is 0 Å². The monoisotopic (exact) mass is 309 g/mol. The third-order valence-electron chi connectivity index (χ3n) is 4.75. The normalized spacial score (nSPS) is 20.7. The third kappa shape index (κ3) is 3.06. The van der Waals surface area contributed by atoms with E-state index in [-0.39, 0.29) is 11.8 Å². The van der Waals surface area contributed by atoms with E-state index in [4.69, 9.17) is 4.84 Å². The van der Waals surface area contributed by atoms with Crippen LogP contribution >= 0.6 is 0 Å². The van der Waals surface area contributed by atoms with Crippen molar-refractivity contribution in [3.05, 3.63) is 71.8 Å². The smallest absolute Gasteiger partial charge is 0.158 e. The zero-order valence-corrected chi connectivity index (χ0v) is 14.4. The maximum Gasteiger partial charge on any atom is 0.158 e. The van der Waals surface area contributed by atoms with Crippen molar-refractivity contribution in [3.8, 4) is 0 Å². The Labute approximate surface area is 140 Å². The van der Waals surface area contributed by atoms with E-state index in [1.807, 2.05) is 0 Å². The molecule has 23 heavy (non-hydrogen) atoms. The first-order valence-corrected chi connectivity index (χ1v) is 8.77. The van der Waals surface area contributed by atoms with Gasteiger partial charge >= 0.3 is 0 Å². The summed E-state index contributed by atoms with van der Waals surface area (Å²) in [6.07, 6.45) is 3.63. The van der Waals surface area contributed by atoms with Crippen LogP contribution in [0.1, 0.15) is 51.2 Å². The molecule has 0 bridgehead atoms. The molecule has 1 heterocycles. The first-order chi connectivity index (χ1) is 11.2. The van der Waals surface area contributed by atoms with Crippen LogP contribution < -0.4 is 0 Å². The van der Waals surface area contributed by atoms with Gasteiger partial charge in [-0.3, -0.25) is 4.84 Å². The van der Waals surface area contributed by atoms with Crippen LogP contribution in [0.3, 0.4) is 0 Å². The van der Waals surface area contributed by atoms with E-state index in [1.54, 1.807) is 0 Å². The van der Waals surface area contributed by atoms with Crippen molar-refractivity contribution in [3.63, 3.8) is 0 Å². The summed E-state index contributed by atoms with van der Waals surface area (Å²) in [7, 11) is 0. The van der Waals surface area contributed by atoms with Crippen molar-refractivity contribution in [2.75, 3.05) is 0 Å². The largest absolute Gasteiger partial charge is 0.274 e. The van der Waals surface area contributed by atoms with Gasteiger partial charge in [0.15, 0.2) is 6.23 Å². The lowest BCUT2D eigenvalue weighted by atomic mass is 9.78. The molecule has 2 heteroatoms. The van der Waals surface area contributed by atoms with Crippen LogP contribution in [0.5, 0.6) is 0 Å². The second-order valence-corrected chi connectivity index (χ2v) is 6.76. The summed E-state index contributed by atoms with van der Waals surface area (Å²) in [5.74, 6) is 0.489. The van der Waals surface area contributed by atoms with E-state index >= 15 is 0 Å². The molecule has 0 spiro atoms. The molecule has 1 aliphatic rings. The Bertz CT molecular complexity index is 569. The van der Waals surface area contributed by atoms with Crippen molar-refractivity contribution in [1.29, 1.82) is 0 Å². The van der Waals surface area contributed by atoms with Crippen LogP contribution in [0.15, 0.2) is 60.7 Å². The molecule has 1 fully saturated rings. The van der Waals surface area contributed by atoms with E-state index in [0.29, 0.717) is 5.92 Å². The number of hydrogen-bond acceptors (Lipinski definition) is 2. The molecule has 1 saturated heterocycles. The third-order valence-corrected chi connectivity index (χ3v) is 4.75. The van der Waals surface area contributed by atoms with Gasteiger partial charge in [0.1, 0.15) is 0 Å². The molecule has 2 aromatic carbocycles. The van der Waals surface area contributed by atoms with Gasteiger partial charge in [-0.15, -0.1) is 5.06 Å². The number of rotatable bonds is 7. The summed E-state index contributed by atoms with van der Waals surface area (Å²) in [5, 5.41) is 2.23. The fourth-order valence-electron chi connectivity index (χ4n) is 3.47. The predicted molar refractivity (Wildman–Crippen MR) is 94.7 cm³/mol. The highest BCUT2D eigenvalue weighted by Gasteiger charge is 2.54. The summed E-state index contributed by atoms with van der Waals surface area (Å²) in [5.41, 5.74) is 2.46. The number of hydrogen-bond donors (Lipinski definition) is 0. The molecule has 0 saturated carbocycles. The van der Waals surface area contributed by atoms with Crippen molar-refractivity contribution < 1.29 is 4.84 Å². The standard InChI is InChI=1S/C21H27NO/c1-4-5-16-21(18-12-8-6-9-13-18,19-14-10-7-11-15-19)22-20(23-22)17(2)3/h6-15,17,20H,4-5,16H2,1-3H3/t20-,22?/m0/s1. The Morgan fingerprint density at radius 1 is 0.957 bits per heavy atom. The van der Waals surface area contributed by atoms with Crippen LogP contribution in [-0.2, 0) is 10.4 Å². The van der Waals surface area contributed by atoms with Crippen LogP contribution in [0.25, 0.3) is 0 Å². The van der Waals surface area contributed by atoms with Crippen molar-refractivity contribution in [2.24, 2.45) is 5.92 Å². The summed E-state index contributed by atoms with van der Waals surface area (Å²) in [6, 6.07) is 21.6. The SMILES string of the molecule is CCCCC(c1ccccc1)(c1ccccc1)N1O[C@H]1C(C)C. The Kier molecular flexibility index (Phi) is 4.84. The molecule has 0 N–H and O–H groups in total. The highest BCUT2D eigenvalue weighted by molar-refractivity contribution is 5.39. The second kappa shape index (κ2) is 6.86. The van der Waals surface area contributed by atoms with Gasteiger partial charge in [0, 0.05) is 0 Å². The van der Waals surface area contributed by atoms with Gasteiger partial charge in [0.05, 0.1) is 5.54 Å². The van der Waals surface area contributed by atoms with Crippen LogP contribution in [-0.4, -0.2) is 11.3 Å². The average molecular weight is 309 g/mol. The summed E-state index contributed by atoms with van der Waals surface area (Å²) in [4.78, 5) is 6.08. The molecule has 2 atom stereocenters. The highest BCUT2D eigenvalue weighted by Crippen LogP contribution is 2.49. The first kappa shape index (κ1) is 16.2. The highest BCUT2D eigenvalue weighted by atomic mass is 16.8. The molecule has 2 nitrogen and oxygen atoms in total. The molecular formula is C21H27NO. The van der Waals surface area contributed by atoms with Crippen molar-refractivity contribution in [1.82, 2.24) is 5.06 Å². The van der Waals surface area contributed by atoms with E-state index in [9.17, 15) is 0 Å². The molecule has 0 aliphatic carbocycles. The molecule has 0 amide bonds. The molecule has 1 unspecified atom stereocenters. The lowest BCUT2D eigenvalue weighted by Gasteiger charge is -2.35. The zero-order valence-electron chi connectivity index (χ0n) is 14.4. The molecule has 0 radical (unpaired) electrons. The summed E-state index contributed by atoms with van der Waals surface area (Å²) >= 11 is 0. The molecule has 0 aromatic heterocycles. The Morgan fingerprint density at radius 2 is 1.48 bits per heavy atom. The Morgan fingerprint density at radius 3 is 1.87 bits per heavy atom. The average Bonchev–Trinajstić information content (AvgIpc) is 3.39. The minimum absolute atomic E-state index is 0.187. The summed E-state index contributed by atoms with van der Waals surface area (Å²) in [6.45, 7) is 6.71. The maximum atomic E-state index is 6.08.